The first-order chi connectivity index (χ1) is 7.00. The van der Waals surface area contributed by atoms with E-state index in [0.717, 1.165) is 0 Å². The number of nitrogens with one attached hydrogen (secondary N) is 1. The summed E-state index contributed by atoms with van der Waals surface area (Å²) in [6.07, 6.45) is -0.293. The Morgan fingerprint density at radius 3 is 2.47 bits per heavy atom. The summed E-state index contributed by atoms with van der Waals surface area (Å²) in [7, 11) is 0. The lowest BCUT2D eigenvalue weighted by molar-refractivity contribution is 0.187. The normalized spacial score (nSPS) is 15.0. The third-order valence-electron chi connectivity index (χ3n) is 2.61. The van der Waals surface area contributed by atoms with Crippen LogP contribution in [0.5, 0.6) is 0 Å². The molecule has 84 valence electrons. The molecule has 0 amide bonds. The molecule has 0 aliphatic carbocycles. The summed E-state index contributed by atoms with van der Waals surface area (Å²) in [5.74, 6) is 0. The van der Waals surface area contributed by atoms with Gasteiger partial charge in [0.2, 0.25) is 0 Å². The second-order valence-corrected chi connectivity index (χ2v) is 4.34. The standard InChI is InChI=1S/C13H21NO/c1-9-5-6-13(10(2)7-9)12(4)14-8-11(3)15/h5-7,11-12,14-15H,8H2,1-4H3/t11-,12-/m1/s1. The first-order valence-corrected chi connectivity index (χ1v) is 5.49. The van der Waals surface area contributed by atoms with E-state index in [1.165, 1.54) is 16.7 Å². The van der Waals surface area contributed by atoms with Gasteiger partial charge in [-0.2, -0.15) is 0 Å². The van der Waals surface area contributed by atoms with Crippen molar-refractivity contribution in [2.75, 3.05) is 6.54 Å². The lowest BCUT2D eigenvalue weighted by Gasteiger charge is -2.18. The number of hydrogen-bond acceptors (Lipinski definition) is 2. The zero-order chi connectivity index (χ0) is 11.4. The molecular weight excluding hydrogens is 186 g/mol. The molecule has 1 aromatic rings. The average Bonchev–Trinajstić information content (AvgIpc) is 2.14. The highest BCUT2D eigenvalue weighted by Gasteiger charge is 2.08. The van der Waals surface area contributed by atoms with Crippen molar-refractivity contribution in [3.05, 3.63) is 34.9 Å². The predicted molar refractivity (Wildman–Crippen MR) is 64.0 cm³/mol. The molecule has 0 aliphatic heterocycles. The highest BCUT2D eigenvalue weighted by molar-refractivity contribution is 5.32. The van der Waals surface area contributed by atoms with Crippen LogP contribution in [0.25, 0.3) is 0 Å². The van der Waals surface area contributed by atoms with E-state index in [1.807, 2.05) is 0 Å². The van der Waals surface area contributed by atoms with Crippen LogP contribution < -0.4 is 5.32 Å². The van der Waals surface area contributed by atoms with Gasteiger partial charge in [0.25, 0.3) is 0 Å². The predicted octanol–water partition coefficient (Wildman–Crippen LogP) is 2.33. The van der Waals surface area contributed by atoms with Gasteiger partial charge in [0, 0.05) is 12.6 Å². The number of aliphatic hydroxyl groups is 1. The molecule has 2 atom stereocenters. The summed E-state index contributed by atoms with van der Waals surface area (Å²) in [5, 5.41) is 12.5. The zero-order valence-electron chi connectivity index (χ0n) is 10.0. The van der Waals surface area contributed by atoms with Crippen molar-refractivity contribution < 1.29 is 5.11 Å². The van der Waals surface area contributed by atoms with Crippen molar-refractivity contribution in [1.29, 1.82) is 0 Å². The zero-order valence-corrected chi connectivity index (χ0v) is 10.0. The van der Waals surface area contributed by atoms with Gasteiger partial charge in [-0.05, 0) is 38.8 Å². The summed E-state index contributed by atoms with van der Waals surface area (Å²) in [6.45, 7) is 8.78. The van der Waals surface area contributed by atoms with Crippen LogP contribution >= 0.6 is 0 Å². The van der Waals surface area contributed by atoms with Gasteiger partial charge in [0.15, 0.2) is 0 Å². The monoisotopic (exact) mass is 207 g/mol. The van der Waals surface area contributed by atoms with E-state index in [9.17, 15) is 5.11 Å². The van der Waals surface area contributed by atoms with Gasteiger partial charge in [-0.25, -0.2) is 0 Å². The van der Waals surface area contributed by atoms with E-state index in [1.54, 1.807) is 6.92 Å². The van der Waals surface area contributed by atoms with Gasteiger partial charge in [0.1, 0.15) is 0 Å². The molecule has 1 rings (SSSR count). The van der Waals surface area contributed by atoms with E-state index in [4.69, 9.17) is 0 Å². The van der Waals surface area contributed by atoms with E-state index in [2.05, 4.69) is 44.3 Å². The number of aryl methyl sites for hydroxylation is 2. The summed E-state index contributed by atoms with van der Waals surface area (Å²) >= 11 is 0. The average molecular weight is 207 g/mol. The Balaban J connectivity index is 2.69. The molecule has 2 heteroatoms. The summed E-state index contributed by atoms with van der Waals surface area (Å²) in [5.41, 5.74) is 3.90. The maximum absolute atomic E-state index is 9.20. The molecule has 0 saturated carbocycles. The van der Waals surface area contributed by atoms with E-state index >= 15 is 0 Å². The molecule has 0 unspecified atom stereocenters. The molecule has 0 heterocycles. The van der Waals surface area contributed by atoms with Gasteiger partial charge in [-0.3, -0.25) is 0 Å². The second-order valence-electron chi connectivity index (χ2n) is 4.34. The van der Waals surface area contributed by atoms with Crippen LogP contribution in [0, 0.1) is 13.8 Å². The Labute approximate surface area is 92.3 Å². The van der Waals surface area contributed by atoms with E-state index in [-0.39, 0.29) is 6.10 Å². The Kier molecular flexibility index (Phi) is 4.30. The minimum absolute atomic E-state index is 0.292. The summed E-state index contributed by atoms with van der Waals surface area (Å²) < 4.78 is 0. The van der Waals surface area contributed by atoms with Crippen LogP contribution in [-0.2, 0) is 0 Å². The first-order valence-electron chi connectivity index (χ1n) is 5.49. The van der Waals surface area contributed by atoms with Gasteiger partial charge in [-0.15, -0.1) is 0 Å². The minimum atomic E-state index is -0.293. The van der Waals surface area contributed by atoms with Crippen molar-refractivity contribution in [1.82, 2.24) is 5.32 Å². The number of rotatable bonds is 4. The Morgan fingerprint density at radius 2 is 1.93 bits per heavy atom. The van der Waals surface area contributed by atoms with Crippen LogP contribution in [-0.4, -0.2) is 17.8 Å². The fourth-order valence-corrected chi connectivity index (χ4v) is 1.77. The van der Waals surface area contributed by atoms with Crippen LogP contribution in [0.2, 0.25) is 0 Å². The highest BCUT2D eigenvalue weighted by atomic mass is 16.3. The largest absolute Gasteiger partial charge is 0.392 e. The Morgan fingerprint density at radius 1 is 1.27 bits per heavy atom. The molecule has 15 heavy (non-hydrogen) atoms. The van der Waals surface area contributed by atoms with Crippen LogP contribution in [0.4, 0.5) is 0 Å². The first kappa shape index (κ1) is 12.2. The lowest BCUT2D eigenvalue weighted by atomic mass is 10.0. The van der Waals surface area contributed by atoms with Crippen LogP contribution in [0.1, 0.15) is 36.6 Å². The van der Waals surface area contributed by atoms with Gasteiger partial charge >= 0.3 is 0 Å². The molecule has 0 aromatic heterocycles. The maximum atomic E-state index is 9.20. The quantitative estimate of drug-likeness (QED) is 0.794. The minimum Gasteiger partial charge on any atom is -0.392 e. The lowest BCUT2D eigenvalue weighted by Crippen LogP contribution is -2.27. The molecule has 0 aliphatic rings. The van der Waals surface area contributed by atoms with Gasteiger partial charge in [0.05, 0.1) is 6.10 Å². The SMILES string of the molecule is Cc1ccc([C@@H](C)NC[C@@H](C)O)c(C)c1. The molecule has 0 fully saturated rings. The smallest absolute Gasteiger partial charge is 0.0636 e. The molecular formula is C13H21NO. The van der Waals surface area contributed by atoms with Crippen LogP contribution in [0.3, 0.4) is 0 Å². The van der Waals surface area contributed by atoms with E-state index in [0.29, 0.717) is 12.6 Å². The highest BCUT2D eigenvalue weighted by Crippen LogP contribution is 2.18. The number of hydrogen-bond donors (Lipinski definition) is 2. The van der Waals surface area contributed by atoms with Crippen molar-refractivity contribution >= 4 is 0 Å². The molecule has 0 spiro atoms. The summed E-state index contributed by atoms with van der Waals surface area (Å²) in [6, 6.07) is 6.77. The van der Waals surface area contributed by atoms with Gasteiger partial charge in [-0.1, -0.05) is 23.8 Å². The van der Waals surface area contributed by atoms with Crippen molar-refractivity contribution in [2.24, 2.45) is 0 Å². The fourth-order valence-electron chi connectivity index (χ4n) is 1.77. The summed E-state index contributed by atoms with van der Waals surface area (Å²) in [4.78, 5) is 0. The van der Waals surface area contributed by atoms with Crippen molar-refractivity contribution in [3.8, 4) is 0 Å². The van der Waals surface area contributed by atoms with Crippen molar-refractivity contribution in [2.45, 2.75) is 39.8 Å². The number of aliphatic hydroxyl groups excluding tert-OH is 1. The third kappa shape index (κ3) is 3.65. The topological polar surface area (TPSA) is 32.3 Å². The molecule has 2 N–H and O–H groups in total. The molecule has 1 aromatic carbocycles. The Hall–Kier alpha value is -0.860. The molecule has 0 radical (unpaired) electrons. The van der Waals surface area contributed by atoms with Crippen molar-refractivity contribution in [3.63, 3.8) is 0 Å². The Bertz CT molecular complexity index is 320. The second kappa shape index (κ2) is 5.29. The molecule has 0 saturated heterocycles. The van der Waals surface area contributed by atoms with E-state index < -0.39 is 0 Å². The molecule has 2 nitrogen and oxygen atoms in total. The van der Waals surface area contributed by atoms with Gasteiger partial charge < -0.3 is 10.4 Å². The van der Waals surface area contributed by atoms with Crippen LogP contribution in [0.15, 0.2) is 18.2 Å². The molecule has 0 bridgehead atoms. The number of benzene rings is 1. The maximum Gasteiger partial charge on any atom is 0.0636 e. The third-order valence-corrected chi connectivity index (χ3v) is 2.61. The fraction of sp³-hybridized carbons (Fsp3) is 0.538.